The quantitative estimate of drug-likeness (QED) is 0.679. The second-order valence-electron chi connectivity index (χ2n) is 4.52. The Labute approximate surface area is 112 Å². The zero-order valence-electron chi connectivity index (χ0n) is 10.7. The molecule has 0 aliphatic carbocycles. The van der Waals surface area contributed by atoms with E-state index in [9.17, 15) is 0 Å². The second kappa shape index (κ2) is 5.02. The lowest BCUT2D eigenvalue weighted by Crippen LogP contribution is -1.90. The first kappa shape index (κ1) is 11.6. The summed E-state index contributed by atoms with van der Waals surface area (Å²) < 4.78 is 0. The zero-order valence-corrected chi connectivity index (χ0v) is 10.7. The average molecular weight is 246 g/mol. The Kier molecular flexibility index (Phi) is 3.07. The van der Waals surface area contributed by atoms with E-state index in [1.807, 2.05) is 30.3 Å². The highest BCUT2D eigenvalue weighted by Gasteiger charge is 2.03. The summed E-state index contributed by atoms with van der Waals surface area (Å²) in [6.45, 7) is 2.08. The van der Waals surface area contributed by atoms with Gasteiger partial charge in [0.1, 0.15) is 0 Å². The maximum Gasteiger partial charge on any atom is 0.0892 e. The predicted molar refractivity (Wildman–Crippen MR) is 77.6 cm³/mol. The van der Waals surface area contributed by atoms with Crippen molar-refractivity contribution in [3.8, 4) is 22.5 Å². The maximum absolute atomic E-state index is 4.68. The average Bonchev–Trinajstić information content (AvgIpc) is 2.49. The molecule has 0 amide bonds. The number of nitrogens with zero attached hydrogens (tertiary/aromatic N) is 2. The third kappa shape index (κ3) is 2.52. The van der Waals surface area contributed by atoms with E-state index in [0.29, 0.717) is 0 Å². The Hall–Kier alpha value is -2.48. The summed E-state index contributed by atoms with van der Waals surface area (Å²) in [6, 6.07) is 18.4. The lowest BCUT2D eigenvalue weighted by Gasteiger charge is -2.04. The molecule has 0 N–H and O–H groups in total. The van der Waals surface area contributed by atoms with Crippen LogP contribution in [0.2, 0.25) is 0 Å². The van der Waals surface area contributed by atoms with Gasteiger partial charge in [-0.25, -0.2) is 4.98 Å². The van der Waals surface area contributed by atoms with Crippen LogP contribution in [0.4, 0.5) is 0 Å². The van der Waals surface area contributed by atoms with Crippen LogP contribution in [0, 0.1) is 6.92 Å². The van der Waals surface area contributed by atoms with Crippen LogP contribution in [0.3, 0.4) is 0 Å². The monoisotopic (exact) mass is 246 g/mol. The van der Waals surface area contributed by atoms with Crippen molar-refractivity contribution in [3.05, 3.63) is 72.6 Å². The zero-order chi connectivity index (χ0) is 13.1. The van der Waals surface area contributed by atoms with Crippen molar-refractivity contribution in [1.29, 1.82) is 0 Å². The third-order valence-electron chi connectivity index (χ3n) is 3.05. The van der Waals surface area contributed by atoms with E-state index < -0.39 is 0 Å². The topological polar surface area (TPSA) is 25.8 Å². The highest BCUT2D eigenvalue weighted by atomic mass is 14.8. The molecule has 0 saturated carbocycles. The first-order valence-corrected chi connectivity index (χ1v) is 6.27. The van der Waals surface area contributed by atoms with E-state index in [4.69, 9.17) is 0 Å². The summed E-state index contributed by atoms with van der Waals surface area (Å²) >= 11 is 0. The fraction of sp³-hybridized carbons (Fsp3) is 0.0588. The van der Waals surface area contributed by atoms with E-state index in [-0.39, 0.29) is 0 Å². The number of hydrogen-bond donors (Lipinski definition) is 0. The molecule has 19 heavy (non-hydrogen) atoms. The largest absolute Gasteiger partial charge is 0.260 e. The molecule has 0 atom stereocenters. The van der Waals surface area contributed by atoms with Crippen molar-refractivity contribution in [2.45, 2.75) is 6.92 Å². The second-order valence-corrected chi connectivity index (χ2v) is 4.52. The molecular weight excluding hydrogens is 232 g/mol. The summed E-state index contributed by atoms with van der Waals surface area (Å²) in [5.41, 5.74) is 5.23. The Morgan fingerprint density at radius 2 is 1.26 bits per heavy atom. The number of aromatic nitrogens is 2. The first-order valence-electron chi connectivity index (χ1n) is 6.27. The van der Waals surface area contributed by atoms with Gasteiger partial charge in [-0.2, -0.15) is 0 Å². The highest BCUT2D eigenvalue weighted by molar-refractivity contribution is 5.64. The van der Waals surface area contributed by atoms with Gasteiger partial charge in [-0.3, -0.25) is 4.98 Å². The minimum Gasteiger partial charge on any atom is -0.260 e. The van der Waals surface area contributed by atoms with Crippen molar-refractivity contribution < 1.29 is 0 Å². The summed E-state index contributed by atoms with van der Waals surface area (Å²) in [6.07, 6.45) is 3.60. The summed E-state index contributed by atoms with van der Waals surface area (Å²) in [7, 11) is 0. The molecule has 2 heteroatoms. The highest BCUT2D eigenvalue weighted by Crippen LogP contribution is 2.21. The number of benzene rings is 2. The van der Waals surface area contributed by atoms with E-state index in [0.717, 1.165) is 22.5 Å². The van der Waals surface area contributed by atoms with Gasteiger partial charge in [0.2, 0.25) is 0 Å². The molecule has 0 spiro atoms. The molecule has 2 nitrogen and oxygen atoms in total. The molecular formula is C17H14N2. The van der Waals surface area contributed by atoms with Gasteiger partial charge in [0.25, 0.3) is 0 Å². The summed E-state index contributed by atoms with van der Waals surface area (Å²) in [5.74, 6) is 0. The SMILES string of the molecule is Cc1ccc(-c2cncc(-c3ccccc3)n2)cc1. The van der Waals surface area contributed by atoms with Crippen LogP contribution in [0.5, 0.6) is 0 Å². The van der Waals surface area contributed by atoms with Gasteiger partial charge in [0.05, 0.1) is 23.8 Å². The van der Waals surface area contributed by atoms with Crippen molar-refractivity contribution in [2.75, 3.05) is 0 Å². The molecule has 2 aromatic carbocycles. The Morgan fingerprint density at radius 3 is 1.89 bits per heavy atom. The minimum atomic E-state index is 0.902. The predicted octanol–water partition coefficient (Wildman–Crippen LogP) is 4.12. The molecule has 0 aliphatic rings. The molecule has 0 unspecified atom stereocenters. The summed E-state index contributed by atoms with van der Waals surface area (Å²) in [5, 5.41) is 0. The Bertz CT molecular complexity index is 673. The smallest absolute Gasteiger partial charge is 0.0892 e. The van der Waals surface area contributed by atoms with Crippen molar-refractivity contribution in [1.82, 2.24) is 9.97 Å². The molecule has 1 heterocycles. The van der Waals surface area contributed by atoms with Crippen LogP contribution < -0.4 is 0 Å². The van der Waals surface area contributed by atoms with Gasteiger partial charge in [0.15, 0.2) is 0 Å². The van der Waals surface area contributed by atoms with Gasteiger partial charge in [-0.1, -0.05) is 60.2 Å². The Balaban J connectivity index is 2.03. The van der Waals surface area contributed by atoms with Crippen LogP contribution in [-0.2, 0) is 0 Å². The maximum atomic E-state index is 4.68. The molecule has 0 radical (unpaired) electrons. The lowest BCUT2D eigenvalue weighted by molar-refractivity contribution is 1.21. The number of hydrogen-bond acceptors (Lipinski definition) is 2. The van der Waals surface area contributed by atoms with E-state index in [1.54, 1.807) is 12.4 Å². The molecule has 0 bridgehead atoms. The lowest BCUT2D eigenvalue weighted by atomic mass is 10.1. The van der Waals surface area contributed by atoms with Crippen molar-refractivity contribution in [2.24, 2.45) is 0 Å². The fourth-order valence-corrected chi connectivity index (χ4v) is 1.98. The number of rotatable bonds is 2. The van der Waals surface area contributed by atoms with Gasteiger partial charge in [-0.15, -0.1) is 0 Å². The van der Waals surface area contributed by atoms with Gasteiger partial charge in [0, 0.05) is 11.1 Å². The molecule has 92 valence electrons. The van der Waals surface area contributed by atoms with Crippen molar-refractivity contribution >= 4 is 0 Å². The molecule has 3 rings (SSSR count). The van der Waals surface area contributed by atoms with Crippen LogP contribution >= 0.6 is 0 Å². The van der Waals surface area contributed by atoms with Crippen LogP contribution in [-0.4, -0.2) is 9.97 Å². The Morgan fingerprint density at radius 1 is 0.684 bits per heavy atom. The molecule has 3 aromatic rings. The third-order valence-corrected chi connectivity index (χ3v) is 3.05. The first-order chi connectivity index (χ1) is 9.33. The molecule has 0 aliphatic heterocycles. The van der Waals surface area contributed by atoms with E-state index in [1.165, 1.54) is 5.56 Å². The van der Waals surface area contributed by atoms with Gasteiger partial charge < -0.3 is 0 Å². The van der Waals surface area contributed by atoms with Crippen LogP contribution in [0.25, 0.3) is 22.5 Å². The van der Waals surface area contributed by atoms with Crippen molar-refractivity contribution in [3.63, 3.8) is 0 Å². The van der Waals surface area contributed by atoms with Gasteiger partial charge >= 0.3 is 0 Å². The van der Waals surface area contributed by atoms with E-state index in [2.05, 4.69) is 41.2 Å². The van der Waals surface area contributed by atoms with Crippen LogP contribution in [0.15, 0.2) is 67.0 Å². The molecule has 0 saturated heterocycles. The summed E-state index contributed by atoms with van der Waals surface area (Å²) in [4.78, 5) is 8.98. The van der Waals surface area contributed by atoms with E-state index >= 15 is 0 Å². The minimum absolute atomic E-state index is 0.902. The number of aryl methyl sites for hydroxylation is 1. The standard InChI is InChI=1S/C17H14N2/c1-13-7-9-15(10-8-13)17-12-18-11-16(19-17)14-5-3-2-4-6-14/h2-12H,1H3. The van der Waals surface area contributed by atoms with Gasteiger partial charge in [-0.05, 0) is 6.92 Å². The normalized spacial score (nSPS) is 10.4. The molecule has 1 aromatic heterocycles. The fourth-order valence-electron chi connectivity index (χ4n) is 1.98. The molecule has 0 fully saturated rings. The van der Waals surface area contributed by atoms with Crippen LogP contribution in [0.1, 0.15) is 5.56 Å².